The van der Waals surface area contributed by atoms with Crippen LogP contribution in [0.15, 0.2) is 22.1 Å². The van der Waals surface area contributed by atoms with Gasteiger partial charge in [0.1, 0.15) is 0 Å². The molecule has 1 atom stereocenters. The van der Waals surface area contributed by atoms with E-state index < -0.39 is 10.0 Å². The highest BCUT2D eigenvalue weighted by Crippen LogP contribution is 2.35. The van der Waals surface area contributed by atoms with E-state index in [0.29, 0.717) is 16.7 Å². The monoisotopic (exact) mass is 392 g/mol. The van der Waals surface area contributed by atoms with Gasteiger partial charge in [-0.05, 0) is 59.6 Å². The first kappa shape index (κ1) is 21.9. The van der Waals surface area contributed by atoms with Gasteiger partial charge in [0.25, 0.3) is 10.0 Å². The molecule has 1 aliphatic carbocycles. The van der Waals surface area contributed by atoms with Crippen LogP contribution in [0.2, 0.25) is 0 Å². The van der Waals surface area contributed by atoms with Crippen LogP contribution in [-0.4, -0.2) is 14.1 Å². The largest absolute Gasteiger partial charge is 0.277 e. The van der Waals surface area contributed by atoms with Gasteiger partial charge in [-0.25, -0.2) is 4.83 Å². The minimum Gasteiger partial charge on any atom is -0.200 e. The average Bonchev–Trinajstić information content (AvgIpc) is 2.59. The van der Waals surface area contributed by atoms with Crippen molar-refractivity contribution >= 4 is 15.7 Å². The molecule has 27 heavy (non-hydrogen) atoms. The molecule has 0 spiro atoms. The molecule has 1 unspecified atom stereocenters. The lowest BCUT2D eigenvalue weighted by Gasteiger charge is -2.23. The second-order valence-electron chi connectivity index (χ2n) is 8.84. The van der Waals surface area contributed by atoms with E-state index in [0.717, 1.165) is 36.1 Å². The second-order valence-corrected chi connectivity index (χ2v) is 10.4. The summed E-state index contributed by atoms with van der Waals surface area (Å²) < 4.78 is 26.6. The molecule has 0 bridgehead atoms. The summed E-state index contributed by atoms with van der Waals surface area (Å²) in [5, 5.41) is 4.35. The highest BCUT2D eigenvalue weighted by Gasteiger charge is 2.27. The molecule has 4 nitrogen and oxygen atoms in total. The molecule has 1 aliphatic rings. The quantitative estimate of drug-likeness (QED) is 0.613. The summed E-state index contributed by atoms with van der Waals surface area (Å²) in [6, 6.07) is 4.12. The van der Waals surface area contributed by atoms with E-state index in [2.05, 4.69) is 70.5 Å². The van der Waals surface area contributed by atoms with Crippen LogP contribution in [0.1, 0.15) is 109 Å². The molecule has 1 aromatic carbocycles. The summed E-state index contributed by atoms with van der Waals surface area (Å²) in [6.07, 6.45) is 4.24. The van der Waals surface area contributed by atoms with E-state index in [4.69, 9.17) is 0 Å². The molecule has 0 radical (unpaired) electrons. The summed E-state index contributed by atoms with van der Waals surface area (Å²) in [7, 11) is -3.71. The normalized spacial score (nSPS) is 20.1. The number of nitrogens with one attached hydrogen (secondary N) is 1. The highest BCUT2D eigenvalue weighted by atomic mass is 32.2. The van der Waals surface area contributed by atoms with Crippen LogP contribution >= 0.6 is 0 Å². The SMILES string of the molecule is CC1CCCC/C1=N/NS(=O)(=O)c1c(C(C)C)cc(C(C)C)cc1C(C)C. The van der Waals surface area contributed by atoms with E-state index >= 15 is 0 Å². The fourth-order valence-electron chi connectivity index (χ4n) is 3.70. The molecule has 1 fully saturated rings. The van der Waals surface area contributed by atoms with Crippen LogP contribution in [0.25, 0.3) is 0 Å². The second kappa shape index (κ2) is 8.76. The molecule has 5 heteroatoms. The highest BCUT2D eigenvalue weighted by molar-refractivity contribution is 7.89. The molecule has 1 aromatic rings. The number of benzene rings is 1. The number of rotatable bonds is 6. The number of hydrogen-bond acceptors (Lipinski definition) is 3. The third-order valence-corrected chi connectivity index (χ3v) is 6.89. The molecule has 1 saturated carbocycles. The van der Waals surface area contributed by atoms with Crippen molar-refractivity contribution in [1.82, 2.24) is 4.83 Å². The Balaban J connectivity index is 2.55. The van der Waals surface area contributed by atoms with Crippen LogP contribution < -0.4 is 4.83 Å². The number of hydrogen-bond donors (Lipinski definition) is 1. The zero-order chi connectivity index (χ0) is 20.4. The maximum Gasteiger partial charge on any atom is 0.277 e. The lowest BCUT2D eigenvalue weighted by Crippen LogP contribution is -2.26. The van der Waals surface area contributed by atoms with Crippen LogP contribution in [0.3, 0.4) is 0 Å². The molecular weight excluding hydrogens is 356 g/mol. The zero-order valence-electron chi connectivity index (χ0n) is 18.0. The fourth-order valence-corrected chi connectivity index (χ4v) is 5.24. The summed E-state index contributed by atoms with van der Waals surface area (Å²) in [5.74, 6) is 0.940. The van der Waals surface area contributed by atoms with E-state index in [1.54, 1.807) is 0 Å². The molecule has 0 heterocycles. The number of sulfonamides is 1. The Kier molecular flexibility index (Phi) is 7.12. The van der Waals surface area contributed by atoms with Gasteiger partial charge in [-0.2, -0.15) is 13.5 Å². The lowest BCUT2D eigenvalue weighted by atomic mass is 9.89. The topological polar surface area (TPSA) is 58.5 Å². The Morgan fingerprint density at radius 3 is 1.96 bits per heavy atom. The first-order valence-corrected chi connectivity index (χ1v) is 11.8. The molecule has 0 amide bonds. The van der Waals surface area contributed by atoms with E-state index in [1.807, 2.05) is 0 Å². The predicted octanol–water partition coefficient (Wildman–Crippen LogP) is 5.90. The van der Waals surface area contributed by atoms with Crippen LogP contribution in [0, 0.1) is 5.92 Å². The van der Waals surface area contributed by atoms with Crippen molar-refractivity contribution in [1.29, 1.82) is 0 Å². The van der Waals surface area contributed by atoms with E-state index in [-0.39, 0.29) is 11.8 Å². The van der Waals surface area contributed by atoms with Crippen molar-refractivity contribution < 1.29 is 8.42 Å². The summed E-state index contributed by atoms with van der Waals surface area (Å²) in [5.41, 5.74) is 3.93. The number of nitrogens with zero attached hydrogens (tertiary/aromatic N) is 1. The van der Waals surface area contributed by atoms with Crippen LogP contribution in [0.5, 0.6) is 0 Å². The fraction of sp³-hybridized carbons (Fsp3) is 0.682. The van der Waals surface area contributed by atoms with Gasteiger partial charge in [-0.3, -0.25) is 0 Å². The van der Waals surface area contributed by atoms with Gasteiger partial charge in [0.05, 0.1) is 4.90 Å². The maximum absolute atomic E-state index is 13.3. The van der Waals surface area contributed by atoms with Gasteiger partial charge in [0, 0.05) is 5.71 Å². The van der Waals surface area contributed by atoms with Gasteiger partial charge in [0.15, 0.2) is 0 Å². The first-order chi connectivity index (χ1) is 12.5. The zero-order valence-corrected chi connectivity index (χ0v) is 18.8. The van der Waals surface area contributed by atoms with Gasteiger partial charge in [-0.1, -0.05) is 67.0 Å². The molecule has 152 valence electrons. The smallest absolute Gasteiger partial charge is 0.200 e. The summed E-state index contributed by atoms with van der Waals surface area (Å²) in [6.45, 7) is 14.6. The van der Waals surface area contributed by atoms with Crippen molar-refractivity contribution in [3.63, 3.8) is 0 Å². The van der Waals surface area contributed by atoms with Gasteiger partial charge in [0.2, 0.25) is 0 Å². The first-order valence-electron chi connectivity index (χ1n) is 10.3. The Bertz CT molecular complexity index is 764. The molecule has 2 rings (SSSR count). The Morgan fingerprint density at radius 2 is 1.52 bits per heavy atom. The Hall–Kier alpha value is -1.36. The predicted molar refractivity (Wildman–Crippen MR) is 114 cm³/mol. The van der Waals surface area contributed by atoms with E-state index in [1.165, 1.54) is 12.0 Å². The van der Waals surface area contributed by atoms with Crippen molar-refractivity contribution in [3.05, 3.63) is 28.8 Å². The molecule has 0 saturated heterocycles. The van der Waals surface area contributed by atoms with Gasteiger partial charge in [-0.15, -0.1) is 0 Å². The van der Waals surface area contributed by atoms with Gasteiger partial charge >= 0.3 is 0 Å². The molecule has 0 aromatic heterocycles. The minimum atomic E-state index is -3.71. The molecule has 0 aliphatic heterocycles. The van der Waals surface area contributed by atoms with Crippen LogP contribution in [0.4, 0.5) is 0 Å². The lowest BCUT2D eigenvalue weighted by molar-refractivity contribution is 0.551. The van der Waals surface area contributed by atoms with Crippen molar-refractivity contribution in [2.24, 2.45) is 11.0 Å². The van der Waals surface area contributed by atoms with Crippen molar-refractivity contribution in [2.75, 3.05) is 0 Å². The average molecular weight is 393 g/mol. The Labute approximate surface area is 165 Å². The van der Waals surface area contributed by atoms with Crippen LogP contribution in [-0.2, 0) is 10.0 Å². The third-order valence-electron chi connectivity index (χ3n) is 5.55. The molecule has 1 N–H and O–H groups in total. The Morgan fingerprint density at radius 1 is 0.963 bits per heavy atom. The maximum atomic E-state index is 13.3. The number of hydrazone groups is 1. The van der Waals surface area contributed by atoms with E-state index in [9.17, 15) is 8.42 Å². The third kappa shape index (κ3) is 5.13. The minimum absolute atomic E-state index is 0.119. The molecular formula is C22H36N2O2S. The summed E-state index contributed by atoms with van der Waals surface area (Å²) in [4.78, 5) is 3.00. The van der Waals surface area contributed by atoms with Crippen molar-refractivity contribution in [2.45, 2.75) is 96.8 Å². The standard InChI is InChI=1S/C22H36N2O2S/c1-14(2)18-12-19(15(3)4)22(20(13-18)16(5)6)27(25,26)24-23-21-11-9-8-10-17(21)7/h12-17,24H,8-11H2,1-7H3/b23-21-. The summed E-state index contributed by atoms with van der Waals surface area (Å²) >= 11 is 0. The van der Waals surface area contributed by atoms with Crippen molar-refractivity contribution in [3.8, 4) is 0 Å². The van der Waals surface area contributed by atoms with Gasteiger partial charge < -0.3 is 0 Å².